The van der Waals surface area contributed by atoms with E-state index in [-0.39, 0.29) is 12.2 Å². The summed E-state index contributed by atoms with van der Waals surface area (Å²) in [6, 6.07) is 0. The van der Waals surface area contributed by atoms with Crippen LogP contribution < -0.4 is 0 Å². The van der Waals surface area contributed by atoms with Gasteiger partial charge in [-0.3, -0.25) is 9.78 Å². The summed E-state index contributed by atoms with van der Waals surface area (Å²) < 4.78 is 5.02. The van der Waals surface area contributed by atoms with Gasteiger partial charge in [0.05, 0.1) is 12.6 Å². The number of hydrogen-bond acceptors (Lipinski definition) is 6. The van der Waals surface area contributed by atoms with Crippen molar-refractivity contribution in [3.8, 4) is 11.5 Å². The molecule has 0 amide bonds. The van der Waals surface area contributed by atoms with E-state index in [0.717, 1.165) is 0 Å². The fourth-order valence-electron chi connectivity index (χ4n) is 1.54. The van der Waals surface area contributed by atoms with E-state index in [1.54, 1.807) is 18.6 Å². The maximum absolute atomic E-state index is 11.6. The summed E-state index contributed by atoms with van der Waals surface area (Å²) in [6.07, 6.45) is 5.35. The Morgan fingerprint density at radius 3 is 2.89 bits per heavy atom. The second kappa shape index (κ2) is 5.48. The molecule has 18 heavy (non-hydrogen) atoms. The molecule has 2 aromatic heterocycles. The van der Waals surface area contributed by atoms with Gasteiger partial charge in [-0.15, -0.1) is 0 Å². The van der Waals surface area contributed by atoms with Crippen LogP contribution >= 0.6 is 0 Å². The Balaban J connectivity index is 2.05. The van der Waals surface area contributed by atoms with Crippen LogP contribution in [0.2, 0.25) is 0 Å². The molecule has 0 unspecified atom stereocenters. The summed E-state index contributed by atoms with van der Waals surface area (Å²) in [4.78, 5) is 23.7. The minimum atomic E-state index is 0.0966. The van der Waals surface area contributed by atoms with Gasteiger partial charge in [-0.05, 0) is 5.92 Å². The highest BCUT2D eigenvalue weighted by Gasteiger charge is 2.14. The van der Waals surface area contributed by atoms with Gasteiger partial charge in [-0.25, -0.2) is 4.98 Å². The molecule has 0 aliphatic heterocycles. The Kier molecular flexibility index (Phi) is 3.76. The largest absolute Gasteiger partial charge is 0.338 e. The van der Waals surface area contributed by atoms with Gasteiger partial charge >= 0.3 is 0 Å². The summed E-state index contributed by atoms with van der Waals surface area (Å²) in [5, 5.41) is 3.78. The number of aromatic nitrogens is 4. The van der Waals surface area contributed by atoms with Crippen LogP contribution in [0.15, 0.2) is 23.1 Å². The van der Waals surface area contributed by atoms with Crippen LogP contribution in [0.1, 0.15) is 26.2 Å². The Morgan fingerprint density at radius 2 is 2.22 bits per heavy atom. The van der Waals surface area contributed by atoms with E-state index in [1.807, 2.05) is 13.8 Å². The lowest BCUT2D eigenvalue weighted by molar-refractivity contribution is -0.119. The smallest absolute Gasteiger partial charge is 0.234 e. The van der Waals surface area contributed by atoms with Crippen LogP contribution in [-0.4, -0.2) is 25.9 Å². The minimum absolute atomic E-state index is 0.0966. The normalized spacial score (nSPS) is 10.8. The quantitative estimate of drug-likeness (QED) is 0.798. The lowest BCUT2D eigenvalue weighted by Gasteiger charge is -2.00. The molecule has 94 valence electrons. The molecule has 0 atom stereocenters. The number of rotatable bonds is 5. The summed E-state index contributed by atoms with van der Waals surface area (Å²) in [6.45, 7) is 3.99. The number of nitrogens with zero attached hydrogens (tertiary/aromatic N) is 4. The SMILES string of the molecule is CC(C)CC(=O)Cc1nc(-c2cnccn2)no1. The predicted octanol–water partition coefficient (Wildman–Crippen LogP) is 1.68. The van der Waals surface area contributed by atoms with Crippen molar-refractivity contribution in [1.82, 2.24) is 20.1 Å². The molecule has 6 heteroatoms. The first kappa shape index (κ1) is 12.3. The highest BCUT2D eigenvalue weighted by Crippen LogP contribution is 2.12. The van der Waals surface area contributed by atoms with Crippen LogP contribution in [0.4, 0.5) is 0 Å². The van der Waals surface area contributed by atoms with Gasteiger partial charge in [-0.1, -0.05) is 19.0 Å². The lowest BCUT2D eigenvalue weighted by Crippen LogP contribution is -2.06. The molecule has 0 fully saturated rings. The molecule has 0 bridgehead atoms. The van der Waals surface area contributed by atoms with Gasteiger partial charge in [0, 0.05) is 18.8 Å². The van der Waals surface area contributed by atoms with Gasteiger partial charge in [0.1, 0.15) is 11.5 Å². The van der Waals surface area contributed by atoms with Crippen molar-refractivity contribution in [1.29, 1.82) is 0 Å². The first-order valence-electron chi connectivity index (χ1n) is 5.76. The molecule has 0 spiro atoms. The standard InChI is InChI=1S/C12H14N4O2/c1-8(2)5-9(17)6-11-15-12(16-18-11)10-7-13-3-4-14-10/h3-4,7-8H,5-6H2,1-2H3. The monoisotopic (exact) mass is 246 g/mol. The average molecular weight is 246 g/mol. The van der Waals surface area contributed by atoms with E-state index in [9.17, 15) is 4.79 Å². The van der Waals surface area contributed by atoms with E-state index in [0.29, 0.717) is 29.7 Å². The Hall–Kier alpha value is -2.11. The molecule has 2 rings (SSSR count). The van der Waals surface area contributed by atoms with E-state index < -0.39 is 0 Å². The van der Waals surface area contributed by atoms with Crippen LogP contribution in [0.3, 0.4) is 0 Å². The van der Waals surface area contributed by atoms with Gasteiger partial charge < -0.3 is 4.52 Å². The fourth-order valence-corrected chi connectivity index (χ4v) is 1.54. The van der Waals surface area contributed by atoms with Gasteiger partial charge in [-0.2, -0.15) is 4.98 Å². The number of ketones is 1. The summed E-state index contributed by atoms with van der Waals surface area (Å²) in [5.74, 6) is 1.11. The number of carbonyl (C=O) groups is 1. The molecule has 0 N–H and O–H groups in total. The van der Waals surface area contributed by atoms with Gasteiger partial charge in [0.15, 0.2) is 0 Å². The van der Waals surface area contributed by atoms with Crippen molar-refractivity contribution in [3.63, 3.8) is 0 Å². The third-order valence-electron chi connectivity index (χ3n) is 2.24. The Bertz CT molecular complexity index is 522. The van der Waals surface area contributed by atoms with E-state index in [1.165, 1.54) is 0 Å². The first-order chi connectivity index (χ1) is 8.65. The third-order valence-corrected chi connectivity index (χ3v) is 2.24. The van der Waals surface area contributed by atoms with Crippen molar-refractivity contribution < 1.29 is 9.32 Å². The molecule has 0 radical (unpaired) electrons. The molecule has 6 nitrogen and oxygen atoms in total. The predicted molar refractivity (Wildman–Crippen MR) is 63.5 cm³/mol. The molecule has 0 saturated heterocycles. The topological polar surface area (TPSA) is 81.8 Å². The number of carbonyl (C=O) groups excluding carboxylic acids is 1. The maximum atomic E-state index is 11.6. The Labute approximate surface area is 104 Å². The summed E-state index contributed by atoms with van der Waals surface area (Å²) >= 11 is 0. The minimum Gasteiger partial charge on any atom is -0.338 e. The molecule has 0 saturated carbocycles. The first-order valence-corrected chi connectivity index (χ1v) is 5.76. The van der Waals surface area contributed by atoms with Crippen molar-refractivity contribution in [2.75, 3.05) is 0 Å². The molecule has 2 heterocycles. The highest BCUT2D eigenvalue weighted by molar-refractivity contribution is 5.80. The van der Waals surface area contributed by atoms with Crippen LogP contribution in [0.25, 0.3) is 11.5 Å². The zero-order chi connectivity index (χ0) is 13.0. The van der Waals surface area contributed by atoms with Gasteiger partial charge in [0.25, 0.3) is 0 Å². The van der Waals surface area contributed by atoms with Crippen molar-refractivity contribution in [2.45, 2.75) is 26.7 Å². The second-order valence-electron chi connectivity index (χ2n) is 4.42. The van der Waals surface area contributed by atoms with E-state index in [4.69, 9.17) is 4.52 Å². The van der Waals surface area contributed by atoms with E-state index in [2.05, 4.69) is 20.1 Å². The van der Waals surface area contributed by atoms with Crippen molar-refractivity contribution in [2.24, 2.45) is 5.92 Å². The van der Waals surface area contributed by atoms with Crippen LogP contribution in [-0.2, 0) is 11.2 Å². The number of Topliss-reactive ketones (excluding diaryl/α,β-unsaturated/α-hetero) is 1. The second-order valence-corrected chi connectivity index (χ2v) is 4.42. The van der Waals surface area contributed by atoms with Gasteiger partial charge in [0.2, 0.25) is 11.7 Å². The summed E-state index contributed by atoms with van der Waals surface area (Å²) in [5.41, 5.74) is 0.531. The zero-order valence-corrected chi connectivity index (χ0v) is 10.3. The average Bonchev–Trinajstić information content (AvgIpc) is 2.77. The molecular weight excluding hydrogens is 232 g/mol. The molecule has 2 aromatic rings. The highest BCUT2D eigenvalue weighted by atomic mass is 16.5. The van der Waals surface area contributed by atoms with Crippen LogP contribution in [0, 0.1) is 5.92 Å². The van der Waals surface area contributed by atoms with E-state index >= 15 is 0 Å². The fraction of sp³-hybridized carbons (Fsp3) is 0.417. The summed E-state index contributed by atoms with van der Waals surface area (Å²) in [7, 11) is 0. The van der Waals surface area contributed by atoms with Crippen molar-refractivity contribution >= 4 is 5.78 Å². The Morgan fingerprint density at radius 1 is 1.39 bits per heavy atom. The molecular formula is C12H14N4O2. The van der Waals surface area contributed by atoms with Crippen molar-refractivity contribution in [3.05, 3.63) is 24.5 Å². The number of hydrogen-bond donors (Lipinski definition) is 0. The third kappa shape index (κ3) is 3.19. The van der Waals surface area contributed by atoms with Crippen LogP contribution in [0.5, 0.6) is 0 Å². The molecule has 0 aliphatic carbocycles. The maximum Gasteiger partial charge on any atom is 0.234 e. The zero-order valence-electron chi connectivity index (χ0n) is 10.3. The molecule has 0 aromatic carbocycles. The lowest BCUT2D eigenvalue weighted by atomic mass is 10.1. The molecule has 0 aliphatic rings.